The van der Waals surface area contributed by atoms with Gasteiger partial charge in [0.1, 0.15) is 17.5 Å². The number of hydrogen-bond acceptors (Lipinski definition) is 1. The van der Waals surface area contributed by atoms with Gasteiger partial charge in [-0.2, -0.15) is 0 Å². The fraction of sp³-hybridized carbons (Fsp3) is 0.308. The molecule has 2 nitrogen and oxygen atoms in total. The average Bonchev–Trinajstić information content (AvgIpc) is 2.71. The summed E-state index contributed by atoms with van der Waals surface area (Å²) in [6.07, 6.45) is 2.10. The molecule has 0 unspecified atom stereocenters. The van der Waals surface area contributed by atoms with Crippen molar-refractivity contribution in [3.8, 4) is 0 Å². The standard InChI is InChI=1S/C13H14F2N2/c1-8(2)12-7-16-13(17-12)5-9-3-4-10(14)6-11(9)15/h3-4,6-8H,5H2,1-2H3,(H,16,17). The topological polar surface area (TPSA) is 28.7 Å². The Balaban J connectivity index is 2.19. The Morgan fingerprint density at radius 1 is 1.29 bits per heavy atom. The highest BCUT2D eigenvalue weighted by Gasteiger charge is 2.08. The summed E-state index contributed by atoms with van der Waals surface area (Å²) in [7, 11) is 0. The molecule has 1 aromatic carbocycles. The molecule has 0 atom stereocenters. The van der Waals surface area contributed by atoms with Crippen molar-refractivity contribution in [1.29, 1.82) is 0 Å². The third kappa shape index (κ3) is 2.70. The maximum atomic E-state index is 13.4. The van der Waals surface area contributed by atoms with Gasteiger partial charge in [0.25, 0.3) is 0 Å². The molecule has 0 aliphatic rings. The van der Waals surface area contributed by atoms with E-state index >= 15 is 0 Å². The summed E-state index contributed by atoms with van der Waals surface area (Å²) in [5, 5.41) is 0. The van der Waals surface area contributed by atoms with Gasteiger partial charge in [-0.15, -0.1) is 0 Å². The number of aromatic amines is 1. The first-order valence-corrected chi connectivity index (χ1v) is 5.54. The van der Waals surface area contributed by atoms with Crippen LogP contribution in [0.1, 0.15) is 36.8 Å². The van der Waals surface area contributed by atoms with Gasteiger partial charge in [-0.1, -0.05) is 19.9 Å². The molecule has 2 aromatic rings. The van der Waals surface area contributed by atoms with Crippen LogP contribution in [0.5, 0.6) is 0 Å². The van der Waals surface area contributed by atoms with Crippen molar-refractivity contribution in [2.75, 3.05) is 0 Å². The zero-order valence-corrected chi connectivity index (χ0v) is 9.80. The van der Waals surface area contributed by atoms with Crippen LogP contribution in [0.15, 0.2) is 24.4 Å². The predicted molar refractivity (Wildman–Crippen MR) is 61.8 cm³/mol. The van der Waals surface area contributed by atoms with Gasteiger partial charge in [0.05, 0.1) is 0 Å². The molecule has 1 aromatic heterocycles. The quantitative estimate of drug-likeness (QED) is 0.869. The number of aromatic nitrogens is 2. The fourth-order valence-corrected chi connectivity index (χ4v) is 1.61. The Labute approximate surface area is 98.7 Å². The van der Waals surface area contributed by atoms with Crippen molar-refractivity contribution in [3.63, 3.8) is 0 Å². The monoisotopic (exact) mass is 236 g/mol. The summed E-state index contributed by atoms with van der Waals surface area (Å²) >= 11 is 0. The lowest BCUT2D eigenvalue weighted by Gasteiger charge is -2.02. The molecule has 4 heteroatoms. The second-order valence-electron chi connectivity index (χ2n) is 4.35. The lowest BCUT2D eigenvalue weighted by Crippen LogP contribution is -1.96. The number of hydrogen-bond donors (Lipinski definition) is 1. The Hall–Kier alpha value is -1.71. The number of nitrogens with zero attached hydrogens (tertiary/aromatic N) is 1. The minimum absolute atomic E-state index is 0.346. The van der Waals surface area contributed by atoms with Crippen LogP contribution in [0.25, 0.3) is 0 Å². The van der Waals surface area contributed by atoms with Crippen LogP contribution in [-0.2, 0) is 6.42 Å². The van der Waals surface area contributed by atoms with E-state index in [4.69, 9.17) is 0 Å². The summed E-state index contributed by atoms with van der Waals surface area (Å²) in [5.41, 5.74) is 1.46. The first-order valence-electron chi connectivity index (χ1n) is 5.54. The normalized spacial score (nSPS) is 11.1. The number of H-pyrrole nitrogens is 1. The highest BCUT2D eigenvalue weighted by Crippen LogP contribution is 2.15. The lowest BCUT2D eigenvalue weighted by molar-refractivity contribution is 0.573. The lowest BCUT2D eigenvalue weighted by atomic mass is 10.1. The van der Waals surface area contributed by atoms with E-state index in [1.165, 1.54) is 12.1 Å². The number of nitrogens with one attached hydrogen (secondary N) is 1. The van der Waals surface area contributed by atoms with E-state index in [1.54, 1.807) is 6.20 Å². The molecule has 0 spiro atoms. The van der Waals surface area contributed by atoms with E-state index in [-0.39, 0.29) is 0 Å². The first-order chi connectivity index (χ1) is 8.06. The highest BCUT2D eigenvalue weighted by molar-refractivity contribution is 5.22. The molecule has 1 heterocycles. The zero-order chi connectivity index (χ0) is 12.4. The van der Waals surface area contributed by atoms with Crippen LogP contribution >= 0.6 is 0 Å². The molecule has 0 bridgehead atoms. The van der Waals surface area contributed by atoms with E-state index in [0.717, 1.165) is 11.8 Å². The van der Waals surface area contributed by atoms with Crippen LogP contribution in [0.3, 0.4) is 0 Å². The molecule has 17 heavy (non-hydrogen) atoms. The van der Waals surface area contributed by atoms with E-state index in [2.05, 4.69) is 23.8 Å². The van der Waals surface area contributed by atoms with E-state index in [9.17, 15) is 8.78 Å². The van der Waals surface area contributed by atoms with Gasteiger partial charge in [0.15, 0.2) is 0 Å². The number of rotatable bonds is 3. The zero-order valence-electron chi connectivity index (χ0n) is 9.80. The highest BCUT2D eigenvalue weighted by atomic mass is 19.1. The second kappa shape index (κ2) is 4.65. The van der Waals surface area contributed by atoms with Crippen molar-refractivity contribution in [3.05, 3.63) is 53.1 Å². The largest absolute Gasteiger partial charge is 0.345 e. The van der Waals surface area contributed by atoms with Crippen LogP contribution in [0, 0.1) is 11.6 Å². The molecule has 0 aliphatic carbocycles. The third-order valence-electron chi connectivity index (χ3n) is 2.64. The van der Waals surface area contributed by atoms with Crippen LogP contribution < -0.4 is 0 Å². The van der Waals surface area contributed by atoms with E-state index in [0.29, 0.717) is 23.7 Å². The molecule has 0 amide bonds. The van der Waals surface area contributed by atoms with Gasteiger partial charge in [0.2, 0.25) is 0 Å². The minimum atomic E-state index is -0.562. The van der Waals surface area contributed by atoms with Gasteiger partial charge in [-0.25, -0.2) is 13.8 Å². The molecule has 90 valence electrons. The molecule has 1 N–H and O–H groups in total. The Bertz CT molecular complexity index is 518. The van der Waals surface area contributed by atoms with Gasteiger partial charge in [-0.05, 0) is 17.5 Å². The molecular formula is C13H14F2N2. The molecular weight excluding hydrogens is 222 g/mol. The average molecular weight is 236 g/mol. The second-order valence-corrected chi connectivity index (χ2v) is 4.35. The minimum Gasteiger partial charge on any atom is -0.345 e. The van der Waals surface area contributed by atoms with Crippen molar-refractivity contribution in [1.82, 2.24) is 9.97 Å². The third-order valence-corrected chi connectivity index (χ3v) is 2.64. The number of benzene rings is 1. The van der Waals surface area contributed by atoms with Gasteiger partial charge >= 0.3 is 0 Å². The molecule has 0 radical (unpaired) electrons. The molecule has 0 saturated carbocycles. The fourth-order valence-electron chi connectivity index (χ4n) is 1.61. The summed E-state index contributed by atoms with van der Waals surface area (Å²) in [5.74, 6) is -0.0467. The van der Waals surface area contributed by atoms with E-state index in [1.807, 2.05) is 0 Å². The summed E-state index contributed by atoms with van der Waals surface area (Å²) < 4.78 is 26.2. The van der Waals surface area contributed by atoms with Crippen molar-refractivity contribution >= 4 is 0 Å². The van der Waals surface area contributed by atoms with Crippen LogP contribution in [0.2, 0.25) is 0 Å². The summed E-state index contributed by atoms with van der Waals surface area (Å²) in [4.78, 5) is 7.31. The Morgan fingerprint density at radius 2 is 2.06 bits per heavy atom. The predicted octanol–water partition coefficient (Wildman–Crippen LogP) is 3.40. The smallest absolute Gasteiger partial charge is 0.129 e. The Morgan fingerprint density at radius 3 is 2.65 bits per heavy atom. The Kier molecular flexibility index (Phi) is 3.22. The number of halogens is 2. The molecule has 0 saturated heterocycles. The SMILES string of the molecule is CC(C)c1cnc(Cc2ccc(F)cc2F)[nH]1. The van der Waals surface area contributed by atoms with Crippen LogP contribution in [0.4, 0.5) is 8.78 Å². The van der Waals surface area contributed by atoms with Gasteiger partial charge < -0.3 is 4.98 Å². The molecule has 0 fully saturated rings. The van der Waals surface area contributed by atoms with Crippen molar-refractivity contribution < 1.29 is 8.78 Å². The number of imidazole rings is 1. The van der Waals surface area contributed by atoms with Gasteiger partial charge in [0, 0.05) is 24.4 Å². The first kappa shape index (κ1) is 11.8. The van der Waals surface area contributed by atoms with Crippen LogP contribution in [-0.4, -0.2) is 9.97 Å². The van der Waals surface area contributed by atoms with Gasteiger partial charge in [-0.3, -0.25) is 0 Å². The maximum absolute atomic E-state index is 13.4. The molecule has 2 rings (SSSR count). The van der Waals surface area contributed by atoms with E-state index < -0.39 is 11.6 Å². The summed E-state index contributed by atoms with van der Waals surface area (Å²) in [6.45, 7) is 4.10. The van der Waals surface area contributed by atoms with Crippen molar-refractivity contribution in [2.45, 2.75) is 26.2 Å². The summed E-state index contributed by atoms with van der Waals surface area (Å²) in [6, 6.07) is 3.59. The van der Waals surface area contributed by atoms with Crippen molar-refractivity contribution in [2.24, 2.45) is 0 Å². The molecule has 0 aliphatic heterocycles. The maximum Gasteiger partial charge on any atom is 0.129 e.